The number of amides is 1. The van der Waals surface area contributed by atoms with Gasteiger partial charge >= 0.3 is 0 Å². The molecule has 26 heavy (non-hydrogen) atoms. The van der Waals surface area contributed by atoms with Crippen molar-refractivity contribution in [3.63, 3.8) is 0 Å². The zero-order chi connectivity index (χ0) is 18.7. The minimum Gasteiger partial charge on any atom is -0.411 e. The van der Waals surface area contributed by atoms with E-state index in [1.807, 2.05) is 31.2 Å². The van der Waals surface area contributed by atoms with Crippen molar-refractivity contribution < 1.29 is 18.0 Å². The van der Waals surface area contributed by atoms with E-state index in [0.717, 1.165) is 29.0 Å². The number of rotatable bonds is 5. The quantitative estimate of drug-likeness (QED) is 0.668. The fourth-order valence-electron chi connectivity index (χ4n) is 2.21. The van der Waals surface area contributed by atoms with Crippen LogP contribution in [0.3, 0.4) is 0 Å². The molecule has 1 heterocycles. The van der Waals surface area contributed by atoms with Gasteiger partial charge in [0.2, 0.25) is 11.8 Å². The predicted molar refractivity (Wildman–Crippen MR) is 94.8 cm³/mol. The highest BCUT2D eigenvalue weighted by atomic mass is 32.2. The normalized spacial score (nSPS) is 12.0. The smallest absolute Gasteiger partial charge is 0.277 e. The molecular formula is C18H15F2N3O2S. The largest absolute Gasteiger partial charge is 0.411 e. The van der Waals surface area contributed by atoms with E-state index in [4.69, 9.17) is 4.42 Å². The van der Waals surface area contributed by atoms with Crippen LogP contribution in [0.4, 0.5) is 14.5 Å². The summed E-state index contributed by atoms with van der Waals surface area (Å²) in [6, 6.07) is 10.5. The van der Waals surface area contributed by atoms with Crippen molar-refractivity contribution in [2.24, 2.45) is 0 Å². The molecular weight excluding hydrogens is 360 g/mol. The lowest BCUT2D eigenvalue weighted by molar-refractivity contribution is -0.115. The van der Waals surface area contributed by atoms with Crippen LogP contribution >= 0.6 is 11.8 Å². The Labute approximate surface area is 152 Å². The molecule has 0 aliphatic rings. The molecule has 0 aliphatic heterocycles. The monoisotopic (exact) mass is 375 g/mol. The van der Waals surface area contributed by atoms with Crippen LogP contribution in [0.5, 0.6) is 0 Å². The van der Waals surface area contributed by atoms with Gasteiger partial charge in [-0.2, -0.15) is 0 Å². The Balaban J connectivity index is 1.67. The maximum absolute atomic E-state index is 13.6. The zero-order valence-electron chi connectivity index (χ0n) is 14.0. The molecule has 0 aliphatic carbocycles. The fourth-order valence-corrected chi connectivity index (χ4v) is 2.89. The molecule has 8 heteroatoms. The predicted octanol–water partition coefficient (Wildman–Crippen LogP) is 4.44. The molecule has 3 aromatic rings. The molecule has 0 saturated heterocycles. The van der Waals surface area contributed by atoms with Gasteiger partial charge in [-0.1, -0.05) is 30.0 Å². The molecule has 0 bridgehead atoms. The molecule has 2 aromatic carbocycles. The zero-order valence-corrected chi connectivity index (χ0v) is 14.8. The first-order valence-electron chi connectivity index (χ1n) is 7.76. The van der Waals surface area contributed by atoms with Crippen LogP contribution in [0, 0.1) is 18.6 Å². The first kappa shape index (κ1) is 18.1. The Morgan fingerprint density at radius 2 is 1.96 bits per heavy atom. The molecule has 1 aromatic heterocycles. The molecule has 3 rings (SSSR count). The number of hydrogen-bond donors (Lipinski definition) is 1. The van der Waals surface area contributed by atoms with Gasteiger partial charge < -0.3 is 9.73 Å². The molecule has 0 spiro atoms. The lowest BCUT2D eigenvalue weighted by Gasteiger charge is -2.10. The summed E-state index contributed by atoms with van der Waals surface area (Å²) >= 11 is 1.05. The van der Waals surface area contributed by atoms with Gasteiger partial charge in [-0.05, 0) is 37.6 Å². The number of aryl methyl sites for hydroxylation is 1. The summed E-state index contributed by atoms with van der Waals surface area (Å²) in [5.74, 6) is -1.65. The number of hydrogen-bond acceptors (Lipinski definition) is 5. The summed E-state index contributed by atoms with van der Waals surface area (Å²) in [4.78, 5) is 12.2. The number of thioether (sulfide) groups is 1. The fraction of sp³-hybridized carbons (Fsp3) is 0.167. The topological polar surface area (TPSA) is 68.0 Å². The Morgan fingerprint density at radius 1 is 1.19 bits per heavy atom. The summed E-state index contributed by atoms with van der Waals surface area (Å²) in [5.41, 5.74) is 1.72. The molecule has 0 radical (unpaired) electrons. The number of nitrogens with one attached hydrogen (secondary N) is 1. The molecule has 1 N–H and O–H groups in total. The van der Waals surface area contributed by atoms with Gasteiger partial charge in [-0.25, -0.2) is 8.78 Å². The second-order valence-electron chi connectivity index (χ2n) is 5.56. The van der Waals surface area contributed by atoms with E-state index in [0.29, 0.717) is 12.0 Å². The Kier molecular flexibility index (Phi) is 5.32. The second-order valence-corrected chi connectivity index (χ2v) is 6.85. The maximum atomic E-state index is 13.6. The number of nitrogens with zero attached hydrogens (tertiary/aromatic N) is 2. The first-order chi connectivity index (χ1) is 12.4. The second kappa shape index (κ2) is 7.65. The van der Waals surface area contributed by atoms with Crippen molar-refractivity contribution in [3.8, 4) is 11.5 Å². The molecule has 1 unspecified atom stereocenters. The third kappa shape index (κ3) is 4.08. The van der Waals surface area contributed by atoms with Crippen LogP contribution in [-0.4, -0.2) is 21.4 Å². The van der Waals surface area contributed by atoms with E-state index in [-0.39, 0.29) is 10.9 Å². The van der Waals surface area contributed by atoms with Gasteiger partial charge in [0.25, 0.3) is 5.22 Å². The van der Waals surface area contributed by atoms with Crippen molar-refractivity contribution in [3.05, 3.63) is 59.7 Å². The summed E-state index contributed by atoms with van der Waals surface area (Å²) in [6.45, 7) is 3.55. The summed E-state index contributed by atoms with van der Waals surface area (Å²) in [6.07, 6.45) is 0. The minimum absolute atomic E-state index is 0.0880. The van der Waals surface area contributed by atoms with Crippen LogP contribution in [0.1, 0.15) is 12.5 Å². The average Bonchev–Trinajstić information content (AvgIpc) is 3.06. The van der Waals surface area contributed by atoms with Gasteiger partial charge in [0.15, 0.2) is 0 Å². The third-order valence-electron chi connectivity index (χ3n) is 3.62. The number of carbonyl (C=O) groups is 1. The lowest BCUT2D eigenvalue weighted by Crippen LogP contribution is -2.23. The van der Waals surface area contributed by atoms with E-state index >= 15 is 0 Å². The Bertz CT molecular complexity index is 946. The van der Waals surface area contributed by atoms with E-state index in [1.165, 1.54) is 6.07 Å². The summed E-state index contributed by atoms with van der Waals surface area (Å²) in [7, 11) is 0. The first-order valence-corrected chi connectivity index (χ1v) is 8.64. The highest BCUT2D eigenvalue weighted by Crippen LogP contribution is 2.28. The van der Waals surface area contributed by atoms with Crippen LogP contribution in [0.2, 0.25) is 0 Å². The number of carbonyl (C=O) groups excluding carboxylic acids is 1. The number of halogens is 2. The van der Waals surface area contributed by atoms with Gasteiger partial charge in [0.1, 0.15) is 11.6 Å². The lowest BCUT2D eigenvalue weighted by atomic mass is 10.1. The molecule has 134 valence electrons. The van der Waals surface area contributed by atoms with Crippen molar-refractivity contribution in [2.75, 3.05) is 5.32 Å². The van der Waals surface area contributed by atoms with Crippen LogP contribution in [0.15, 0.2) is 52.1 Å². The van der Waals surface area contributed by atoms with Crippen molar-refractivity contribution in [2.45, 2.75) is 24.3 Å². The average molecular weight is 375 g/mol. The van der Waals surface area contributed by atoms with Crippen LogP contribution < -0.4 is 5.32 Å². The Morgan fingerprint density at radius 3 is 2.69 bits per heavy atom. The molecule has 1 amide bonds. The standard InChI is InChI=1S/C18H15F2N3O2S/c1-10-5-3-4-6-13(10)17-22-23-18(25-17)26-11(2)16(24)21-15-8-7-12(19)9-14(15)20/h3-9,11H,1-2H3,(H,21,24). The third-order valence-corrected chi connectivity index (χ3v) is 4.55. The van der Waals surface area contributed by atoms with E-state index < -0.39 is 22.8 Å². The van der Waals surface area contributed by atoms with Crippen LogP contribution in [-0.2, 0) is 4.79 Å². The van der Waals surface area contributed by atoms with Crippen molar-refractivity contribution >= 4 is 23.4 Å². The summed E-state index contributed by atoms with van der Waals surface area (Å²) in [5, 5.41) is 9.95. The van der Waals surface area contributed by atoms with Gasteiger partial charge in [0, 0.05) is 11.6 Å². The van der Waals surface area contributed by atoms with Crippen LogP contribution in [0.25, 0.3) is 11.5 Å². The number of anilines is 1. The summed E-state index contributed by atoms with van der Waals surface area (Å²) < 4.78 is 32.1. The van der Waals surface area contributed by atoms with Gasteiger partial charge in [0.05, 0.1) is 10.9 Å². The SMILES string of the molecule is Cc1ccccc1-c1nnc(SC(C)C(=O)Nc2ccc(F)cc2F)o1. The maximum Gasteiger partial charge on any atom is 0.277 e. The van der Waals surface area contributed by atoms with Gasteiger partial charge in [-0.3, -0.25) is 4.79 Å². The molecule has 0 saturated carbocycles. The molecule has 5 nitrogen and oxygen atoms in total. The van der Waals surface area contributed by atoms with Gasteiger partial charge in [-0.15, -0.1) is 10.2 Å². The van der Waals surface area contributed by atoms with E-state index in [9.17, 15) is 13.6 Å². The van der Waals surface area contributed by atoms with Crippen molar-refractivity contribution in [1.29, 1.82) is 0 Å². The van der Waals surface area contributed by atoms with E-state index in [2.05, 4.69) is 15.5 Å². The highest BCUT2D eigenvalue weighted by molar-refractivity contribution is 8.00. The molecule has 1 atom stereocenters. The highest BCUT2D eigenvalue weighted by Gasteiger charge is 2.20. The number of aromatic nitrogens is 2. The van der Waals surface area contributed by atoms with E-state index in [1.54, 1.807) is 6.92 Å². The number of benzene rings is 2. The van der Waals surface area contributed by atoms with Crippen molar-refractivity contribution in [1.82, 2.24) is 10.2 Å². The Hall–Kier alpha value is -2.74. The molecule has 0 fully saturated rings. The minimum atomic E-state index is -0.838.